The van der Waals surface area contributed by atoms with Crippen molar-refractivity contribution < 1.29 is 9.66 Å². The minimum absolute atomic E-state index is 0.141. The van der Waals surface area contributed by atoms with Crippen molar-refractivity contribution in [1.82, 2.24) is 9.66 Å². The van der Waals surface area contributed by atoms with Crippen LogP contribution in [0.2, 0.25) is 0 Å². The summed E-state index contributed by atoms with van der Waals surface area (Å²) < 4.78 is 6.25. The van der Waals surface area contributed by atoms with Gasteiger partial charge < -0.3 is 9.72 Å². The largest absolute Gasteiger partial charge is 0.486 e. The lowest BCUT2D eigenvalue weighted by Crippen LogP contribution is -2.32. The minimum Gasteiger partial charge on any atom is -0.486 e. The molecule has 0 saturated heterocycles. The molecule has 0 aliphatic rings. The van der Waals surface area contributed by atoms with E-state index in [2.05, 4.69) is 10.1 Å². The summed E-state index contributed by atoms with van der Waals surface area (Å²) in [6, 6.07) is 10.9. The number of para-hydroxylation sites is 1. The number of nitrogens with zero attached hydrogens (tertiary/aromatic N) is 3. The maximum Gasteiger partial charge on any atom is 0.349 e. The predicted molar refractivity (Wildman–Crippen MR) is 110 cm³/mol. The Hall–Kier alpha value is -3.75. The van der Waals surface area contributed by atoms with Crippen molar-refractivity contribution in [3.63, 3.8) is 0 Å². The first-order valence-corrected chi connectivity index (χ1v) is 8.85. The van der Waals surface area contributed by atoms with Crippen LogP contribution in [0.1, 0.15) is 26.3 Å². The van der Waals surface area contributed by atoms with E-state index < -0.39 is 16.2 Å². The molecule has 0 aliphatic carbocycles. The highest BCUT2D eigenvalue weighted by molar-refractivity contribution is 5.82. The van der Waals surface area contributed by atoms with Crippen LogP contribution >= 0.6 is 0 Å². The lowest BCUT2D eigenvalue weighted by Gasteiger charge is -2.18. The van der Waals surface area contributed by atoms with Gasteiger partial charge in [0.15, 0.2) is 5.75 Å². The molecule has 0 amide bonds. The molecule has 1 heterocycles. The standard InChI is InChI=1S/C20H20N4O5/c1-20(2,3)12-29-17-9-8-13(10-16(17)24(27)28)11-21-23-18(25)14-6-4-5-7-15(14)22-19(23)26/h4-11H,12H2,1-3H3,(H,22,26). The summed E-state index contributed by atoms with van der Waals surface area (Å²) in [5.41, 5.74) is -0.918. The van der Waals surface area contributed by atoms with Gasteiger partial charge in [0.1, 0.15) is 0 Å². The highest BCUT2D eigenvalue weighted by Crippen LogP contribution is 2.29. The number of aromatic nitrogens is 2. The van der Waals surface area contributed by atoms with Gasteiger partial charge in [0, 0.05) is 11.6 Å². The lowest BCUT2D eigenvalue weighted by atomic mass is 9.99. The Balaban J connectivity index is 1.96. The monoisotopic (exact) mass is 396 g/mol. The molecule has 1 N–H and O–H groups in total. The Labute approximate surface area is 165 Å². The van der Waals surface area contributed by atoms with Gasteiger partial charge in [-0.05, 0) is 29.7 Å². The predicted octanol–water partition coefficient (Wildman–Crippen LogP) is 2.91. The molecule has 0 saturated carbocycles. The average Bonchev–Trinajstić information content (AvgIpc) is 2.66. The van der Waals surface area contributed by atoms with Crippen molar-refractivity contribution >= 4 is 22.8 Å². The zero-order valence-corrected chi connectivity index (χ0v) is 16.2. The lowest BCUT2D eigenvalue weighted by molar-refractivity contribution is -0.386. The van der Waals surface area contributed by atoms with E-state index in [1.165, 1.54) is 18.3 Å². The number of ether oxygens (including phenoxy) is 1. The summed E-state index contributed by atoms with van der Waals surface area (Å²) in [5.74, 6) is 0.141. The first kappa shape index (κ1) is 20.0. The van der Waals surface area contributed by atoms with E-state index in [4.69, 9.17) is 4.74 Å². The molecule has 3 aromatic rings. The fraction of sp³-hybridized carbons (Fsp3) is 0.250. The number of aromatic amines is 1. The van der Waals surface area contributed by atoms with Crippen molar-refractivity contribution in [3.8, 4) is 5.75 Å². The van der Waals surface area contributed by atoms with E-state index in [0.29, 0.717) is 27.7 Å². The summed E-state index contributed by atoms with van der Waals surface area (Å²) in [6.45, 7) is 6.18. The van der Waals surface area contributed by atoms with E-state index in [1.807, 2.05) is 20.8 Å². The maximum atomic E-state index is 12.5. The molecule has 0 bridgehead atoms. The molecule has 0 spiro atoms. The topological polar surface area (TPSA) is 120 Å². The molecule has 0 fully saturated rings. The third-order valence-corrected chi connectivity index (χ3v) is 3.95. The first-order chi connectivity index (χ1) is 13.7. The van der Waals surface area contributed by atoms with Gasteiger partial charge in [0.2, 0.25) is 0 Å². The molecular weight excluding hydrogens is 376 g/mol. The van der Waals surface area contributed by atoms with Gasteiger partial charge >= 0.3 is 11.4 Å². The highest BCUT2D eigenvalue weighted by Gasteiger charge is 2.19. The molecule has 0 atom stereocenters. The van der Waals surface area contributed by atoms with Gasteiger partial charge in [-0.15, -0.1) is 4.68 Å². The highest BCUT2D eigenvalue weighted by atomic mass is 16.6. The zero-order chi connectivity index (χ0) is 21.2. The number of nitrogens with one attached hydrogen (secondary N) is 1. The number of hydrogen-bond donors (Lipinski definition) is 1. The third-order valence-electron chi connectivity index (χ3n) is 3.95. The van der Waals surface area contributed by atoms with Crippen LogP contribution in [-0.2, 0) is 0 Å². The molecule has 3 rings (SSSR count). The Bertz CT molecular complexity index is 1220. The van der Waals surface area contributed by atoms with E-state index in [-0.39, 0.29) is 16.9 Å². The van der Waals surface area contributed by atoms with Crippen molar-refractivity contribution in [2.24, 2.45) is 10.5 Å². The normalized spacial score (nSPS) is 11.8. The molecule has 0 aliphatic heterocycles. The molecule has 0 radical (unpaired) electrons. The fourth-order valence-corrected chi connectivity index (χ4v) is 2.56. The Kier molecular flexibility index (Phi) is 5.31. The molecule has 150 valence electrons. The minimum atomic E-state index is -0.704. The smallest absolute Gasteiger partial charge is 0.349 e. The third kappa shape index (κ3) is 4.57. The van der Waals surface area contributed by atoms with Crippen molar-refractivity contribution in [1.29, 1.82) is 0 Å². The van der Waals surface area contributed by atoms with Crippen LogP contribution in [0.3, 0.4) is 0 Å². The molecular formula is C20H20N4O5. The van der Waals surface area contributed by atoms with Gasteiger partial charge in [-0.3, -0.25) is 14.9 Å². The summed E-state index contributed by atoms with van der Waals surface area (Å²) in [5, 5.41) is 15.6. The van der Waals surface area contributed by atoms with E-state index >= 15 is 0 Å². The second kappa shape index (κ2) is 7.70. The summed E-state index contributed by atoms with van der Waals surface area (Å²) in [4.78, 5) is 38.0. The molecule has 1 aromatic heterocycles. The van der Waals surface area contributed by atoms with Crippen molar-refractivity contribution in [3.05, 3.63) is 79.0 Å². The van der Waals surface area contributed by atoms with Crippen molar-refractivity contribution in [2.45, 2.75) is 20.8 Å². The number of H-pyrrole nitrogens is 1. The van der Waals surface area contributed by atoms with Crippen LogP contribution in [-0.4, -0.2) is 27.4 Å². The van der Waals surface area contributed by atoms with E-state index in [1.54, 1.807) is 30.3 Å². The summed E-state index contributed by atoms with van der Waals surface area (Å²) in [6.07, 6.45) is 1.21. The van der Waals surface area contributed by atoms with Crippen LogP contribution in [0.5, 0.6) is 5.75 Å². The number of benzene rings is 2. The second-order valence-electron chi connectivity index (χ2n) is 7.67. The SMILES string of the molecule is CC(C)(C)COc1ccc(C=Nn2c(=O)[nH]c3ccccc3c2=O)cc1[N+](=O)[O-]. The summed E-state index contributed by atoms with van der Waals surface area (Å²) >= 11 is 0. The molecule has 2 aromatic carbocycles. The van der Waals surface area contributed by atoms with Gasteiger partial charge in [0.05, 0.1) is 28.6 Å². The molecule has 29 heavy (non-hydrogen) atoms. The van der Waals surface area contributed by atoms with Gasteiger partial charge in [0.25, 0.3) is 5.56 Å². The Morgan fingerprint density at radius 1 is 1.21 bits per heavy atom. The Morgan fingerprint density at radius 2 is 1.93 bits per heavy atom. The molecule has 9 heteroatoms. The van der Waals surface area contributed by atoms with Crippen LogP contribution in [0, 0.1) is 15.5 Å². The maximum absolute atomic E-state index is 12.5. The van der Waals surface area contributed by atoms with Crippen LogP contribution in [0.4, 0.5) is 5.69 Å². The number of fused-ring (bicyclic) bond motifs is 1. The molecule has 9 nitrogen and oxygen atoms in total. The van der Waals surface area contributed by atoms with Crippen LogP contribution in [0.25, 0.3) is 10.9 Å². The van der Waals surface area contributed by atoms with Gasteiger partial charge in [-0.25, -0.2) is 4.79 Å². The van der Waals surface area contributed by atoms with Gasteiger partial charge in [-0.1, -0.05) is 32.9 Å². The molecule has 0 unspecified atom stereocenters. The van der Waals surface area contributed by atoms with Gasteiger partial charge in [-0.2, -0.15) is 5.10 Å². The average molecular weight is 396 g/mol. The fourth-order valence-electron chi connectivity index (χ4n) is 2.56. The van der Waals surface area contributed by atoms with Crippen LogP contribution < -0.4 is 16.0 Å². The van der Waals surface area contributed by atoms with E-state index in [0.717, 1.165) is 0 Å². The van der Waals surface area contributed by atoms with E-state index in [9.17, 15) is 19.7 Å². The second-order valence-corrected chi connectivity index (χ2v) is 7.67. The van der Waals surface area contributed by atoms with Crippen molar-refractivity contribution in [2.75, 3.05) is 6.61 Å². The number of rotatable bonds is 5. The first-order valence-electron chi connectivity index (χ1n) is 8.85. The summed E-state index contributed by atoms with van der Waals surface area (Å²) in [7, 11) is 0. The number of nitro benzene ring substituents is 1. The van der Waals surface area contributed by atoms with Crippen LogP contribution in [0.15, 0.2) is 57.2 Å². The number of nitro groups is 1. The quantitative estimate of drug-likeness (QED) is 0.404. The number of hydrogen-bond acceptors (Lipinski definition) is 6. The Morgan fingerprint density at radius 3 is 2.62 bits per heavy atom. The zero-order valence-electron chi connectivity index (χ0n) is 16.2.